The molecule has 1 aromatic carbocycles. The van der Waals surface area contributed by atoms with Gasteiger partial charge in [0, 0.05) is 6.07 Å². The second-order valence-corrected chi connectivity index (χ2v) is 3.28. The molecule has 2 amide bonds. The van der Waals surface area contributed by atoms with E-state index in [4.69, 9.17) is 5.11 Å². The molecule has 0 fully saturated rings. The van der Waals surface area contributed by atoms with Crippen LogP contribution in [0.15, 0.2) is 18.2 Å². The molecule has 0 saturated carbocycles. The summed E-state index contributed by atoms with van der Waals surface area (Å²) in [6.45, 7) is 1.24. The fraction of sp³-hybridized carbons (Fsp3) is 0.200. The topological polar surface area (TPSA) is 78.4 Å². The number of carbonyl (C=O) groups excluding carboxylic acids is 1. The Morgan fingerprint density at radius 3 is 2.59 bits per heavy atom. The molecule has 0 heterocycles. The van der Waals surface area contributed by atoms with Crippen LogP contribution in [0.3, 0.4) is 0 Å². The molecule has 0 aromatic heterocycles. The fourth-order valence-electron chi connectivity index (χ4n) is 1.01. The van der Waals surface area contributed by atoms with Crippen LogP contribution in [0.2, 0.25) is 0 Å². The van der Waals surface area contributed by atoms with Gasteiger partial charge in [-0.1, -0.05) is 0 Å². The first-order valence-electron chi connectivity index (χ1n) is 4.65. The highest BCUT2D eigenvalue weighted by Crippen LogP contribution is 2.14. The molecule has 0 unspecified atom stereocenters. The van der Waals surface area contributed by atoms with E-state index in [1.807, 2.05) is 10.6 Å². The minimum absolute atomic E-state index is 0.361. The van der Waals surface area contributed by atoms with Crippen molar-refractivity contribution < 1.29 is 23.5 Å². The van der Waals surface area contributed by atoms with Crippen LogP contribution in [-0.4, -0.2) is 23.1 Å². The maximum Gasteiger partial charge on any atom is 0.325 e. The van der Waals surface area contributed by atoms with Gasteiger partial charge in [-0.25, -0.2) is 13.6 Å². The Kier molecular flexibility index (Phi) is 3.97. The molecule has 0 aliphatic rings. The maximum atomic E-state index is 13.1. The number of hydrogen-bond donors (Lipinski definition) is 3. The average molecular weight is 244 g/mol. The minimum Gasteiger partial charge on any atom is -0.480 e. The van der Waals surface area contributed by atoms with Gasteiger partial charge >= 0.3 is 12.0 Å². The highest BCUT2D eigenvalue weighted by molar-refractivity contribution is 5.92. The summed E-state index contributed by atoms with van der Waals surface area (Å²) in [4.78, 5) is 21.6. The molecule has 1 rings (SSSR count). The minimum atomic E-state index is -1.24. The molecule has 3 N–H and O–H groups in total. The smallest absolute Gasteiger partial charge is 0.325 e. The standard InChI is InChI=1S/C10H10F2N2O3/c1-5(9(15)16)13-10(17)14-8-4-6(11)2-3-7(8)12/h2-5H,1H3,(H,15,16)(H2,13,14,17)/t5-/m1/s1. The molecule has 7 heteroatoms. The van der Waals surface area contributed by atoms with Crippen molar-refractivity contribution in [3.05, 3.63) is 29.8 Å². The van der Waals surface area contributed by atoms with Crippen LogP contribution >= 0.6 is 0 Å². The normalized spacial score (nSPS) is 11.7. The van der Waals surface area contributed by atoms with Crippen molar-refractivity contribution in [2.75, 3.05) is 5.32 Å². The lowest BCUT2D eigenvalue weighted by Crippen LogP contribution is -2.41. The first-order chi connectivity index (χ1) is 7.90. The van der Waals surface area contributed by atoms with Crippen LogP contribution < -0.4 is 10.6 Å². The third-order valence-corrected chi connectivity index (χ3v) is 1.89. The predicted molar refractivity (Wildman–Crippen MR) is 55.6 cm³/mol. The Labute approximate surface area is 95.4 Å². The van der Waals surface area contributed by atoms with Crippen LogP contribution in [0.4, 0.5) is 19.3 Å². The van der Waals surface area contributed by atoms with Gasteiger partial charge in [-0.2, -0.15) is 0 Å². The van der Waals surface area contributed by atoms with Crippen molar-refractivity contribution in [3.8, 4) is 0 Å². The zero-order valence-corrected chi connectivity index (χ0v) is 8.83. The molecule has 0 bridgehead atoms. The van der Waals surface area contributed by atoms with Crippen LogP contribution in [0.1, 0.15) is 6.92 Å². The highest BCUT2D eigenvalue weighted by atomic mass is 19.1. The zero-order chi connectivity index (χ0) is 13.0. The summed E-state index contributed by atoms with van der Waals surface area (Å²) >= 11 is 0. The molecule has 1 atom stereocenters. The van der Waals surface area contributed by atoms with Crippen LogP contribution in [0.5, 0.6) is 0 Å². The van der Waals surface area contributed by atoms with E-state index in [0.29, 0.717) is 0 Å². The van der Waals surface area contributed by atoms with Gasteiger partial charge < -0.3 is 15.7 Å². The summed E-state index contributed by atoms with van der Waals surface area (Å²) in [5.41, 5.74) is -0.361. The molecule has 1 aromatic rings. The average Bonchev–Trinajstić information content (AvgIpc) is 2.23. The molecular formula is C10H10F2N2O3. The first kappa shape index (κ1) is 12.9. The van der Waals surface area contributed by atoms with Gasteiger partial charge in [0.2, 0.25) is 0 Å². The number of amides is 2. The summed E-state index contributed by atoms with van der Waals surface area (Å²) in [5.74, 6) is -2.77. The van der Waals surface area contributed by atoms with Crippen molar-refractivity contribution >= 4 is 17.7 Å². The summed E-state index contributed by atoms with van der Waals surface area (Å²) in [6.07, 6.45) is 0. The van der Waals surface area contributed by atoms with Crippen molar-refractivity contribution in [2.24, 2.45) is 0 Å². The van der Waals surface area contributed by atoms with E-state index in [1.165, 1.54) is 6.92 Å². The number of rotatable bonds is 3. The maximum absolute atomic E-state index is 13.1. The lowest BCUT2D eigenvalue weighted by atomic mass is 10.3. The second-order valence-electron chi connectivity index (χ2n) is 3.28. The number of urea groups is 1. The Balaban J connectivity index is 2.68. The molecule has 0 saturated heterocycles. The number of halogens is 2. The number of carboxylic acid groups (broad SMARTS) is 1. The van der Waals surface area contributed by atoms with Crippen molar-refractivity contribution in [2.45, 2.75) is 13.0 Å². The van der Waals surface area contributed by atoms with Gasteiger partial charge in [-0.05, 0) is 19.1 Å². The van der Waals surface area contributed by atoms with Crippen molar-refractivity contribution in [1.29, 1.82) is 0 Å². The summed E-state index contributed by atoms with van der Waals surface area (Å²) in [5, 5.41) is 12.6. The Morgan fingerprint density at radius 1 is 1.35 bits per heavy atom. The predicted octanol–water partition coefficient (Wildman–Crippen LogP) is 1.56. The molecule has 0 spiro atoms. The number of anilines is 1. The third kappa shape index (κ3) is 3.71. The third-order valence-electron chi connectivity index (χ3n) is 1.89. The SMILES string of the molecule is C[C@@H](NC(=O)Nc1cc(F)ccc1F)C(=O)O. The largest absolute Gasteiger partial charge is 0.480 e. The molecular weight excluding hydrogens is 234 g/mol. The van der Waals surface area contributed by atoms with E-state index < -0.39 is 29.7 Å². The van der Waals surface area contributed by atoms with Gasteiger partial charge in [0.05, 0.1) is 5.69 Å². The van der Waals surface area contributed by atoms with Gasteiger partial charge in [-0.15, -0.1) is 0 Å². The molecule has 0 aliphatic heterocycles. The fourth-order valence-corrected chi connectivity index (χ4v) is 1.01. The van der Waals surface area contributed by atoms with E-state index in [9.17, 15) is 18.4 Å². The summed E-state index contributed by atoms with van der Waals surface area (Å²) in [6, 6.07) is 0.487. The van der Waals surface area contributed by atoms with E-state index in [2.05, 4.69) is 0 Å². The lowest BCUT2D eigenvalue weighted by Gasteiger charge is -2.11. The van der Waals surface area contributed by atoms with Gasteiger partial charge in [0.15, 0.2) is 0 Å². The second kappa shape index (κ2) is 5.24. The Morgan fingerprint density at radius 2 is 2.00 bits per heavy atom. The van der Waals surface area contributed by atoms with Crippen LogP contribution in [0, 0.1) is 11.6 Å². The quantitative estimate of drug-likeness (QED) is 0.755. The molecule has 5 nitrogen and oxygen atoms in total. The number of hydrogen-bond acceptors (Lipinski definition) is 2. The number of nitrogens with one attached hydrogen (secondary N) is 2. The molecule has 0 radical (unpaired) electrons. The van der Waals surface area contributed by atoms with Gasteiger partial charge in [0.1, 0.15) is 17.7 Å². The molecule has 17 heavy (non-hydrogen) atoms. The van der Waals surface area contributed by atoms with E-state index in [1.54, 1.807) is 0 Å². The van der Waals surface area contributed by atoms with E-state index >= 15 is 0 Å². The van der Waals surface area contributed by atoms with Gasteiger partial charge in [-0.3, -0.25) is 4.79 Å². The lowest BCUT2D eigenvalue weighted by molar-refractivity contribution is -0.138. The summed E-state index contributed by atoms with van der Waals surface area (Å²) in [7, 11) is 0. The van der Waals surface area contributed by atoms with E-state index in [-0.39, 0.29) is 5.69 Å². The van der Waals surface area contributed by atoms with Crippen molar-refractivity contribution in [1.82, 2.24) is 5.32 Å². The molecule has 92 valence electrons. The van der Waals surface area contributed by atoms with Crippen LogP contribution in [-0.2, 0) is 4.79 Å². The zero-order valence-electron chi connectivity index (χ0n) is 8.83. The van der Waals surface area contributed by atoms with Crippen molar-refractivity contribution in [3.63, 3.8) is 0 Å². The highest BCUT2D eigenvalue weighted by Gasteiger charge is 2.15. The number of carbonyl (C=O) groups is 2. The monoisotopic (exact) mass is 244 g/mol. The Bertz CT molecular complexity index is 451. The van der Waals surface area contributed by atoms with E-state index in [0.717, 1.165) is 18.2 Å². The first-order valence-corrected chi connectivity index (χ1v) is 4.65. The number of aliphatic carboxylic acids is 1. The number of benzene rings is 1. The Hall–Kier alpha value is -2.18. The van der Waals surface area contributed by atoms with Crippen LogP contribution in [0.25, 0.3) is 0 Å². The number of carboxylic acids is 1. The summed E-state index contributed by atoms with van der Waals surface area (Å²) < 4.78 is 25.9. The van der Waals surface area contributed by atoms with Gasteiger partial charge in [0.25, 0.3) is 0 Å². The molecule has 0 aliphatic carbocycles.